The first kappa shape index (κ1) is 12.5. The molecule has 1 aliphatic rings. The Bertz CT molecular complexity index is 489. The molecule has 18 heavy (non-hydrogen) atoms. The van der Waals surface area contributed by atoms with Gasteiger partial charge in [-0.05, 0) is 18.6 Å². The molecular formula is C12H14N2O4. The summed E-state index contributed by atoms with van der Waals surface area (Å²) in [6, 6.07) is 0.687. The maximum Gasteiger partial charge on any atom is 0.326 e. The molecule has 6 nitrogen and oxygen atoms in total. The third-order valence-electron chi connectivity index (χ3n) is 2.95. The summed E-state index contributed by atoms with van der Waals surface area (Å²) in [6.07, 6.45) is 2.30. The highest BCUT2D eigenvalue weighted by Gasteiger charge is 2.39. The number of aliphatic hydroxyl groups is 1. The highest BCUT2D eigenvalue weighted by atomic mass is 16.4. The molecule has 1 aromatic heterocycles. The van der Waals surface area contributed by atoms with Crippen molar-refractivity contribution in [3.8, 4) is 0 Å². The fourth-order valence-corrected chi connectivity index (χ4v) is 2.11. The predicted octanol–water partition coefficient (Wildman–Crippen LogP) is 0.0500. The van der Waals surface area contributed by atoms with Crippen LogP contribution in [0.5, 0.6) is 0 Å². The van der Waals surface area contributed by atoms with Crippen LogP contribution in [0.4, 0.5) is 0 Å². The highest BCUT2D eigenvalue weighted by Crippen LogP contribution is 2.20. The molecule has 1 aliphatic heterocycles. The molecule has 1 fully saturated rings. The minimum absolute atomic E-state index is 0.0454. The number of amides is 1. The van der Waals surface area contributed by atoms with Crippen LogP contribution in [0.3, 0.4) is 0 Å². The summed E-state index contributed by atoms with van der Waals surface area (Å²) in [7, 11) is 0. The number of aryl methyl sites for hydroxylation is 1. The average Bonchev–Trinajstić information content (AvgIpc) is 2.70. The van der Waals surface area contributed by atoms with Crippen molar-refractivity contribution >= 4 is 11.9 Å². The molecule has 0 aromatic carbocycles. The number of rotatable bonds is 2. The smallest absolute Gasteiger partial charge is 0.326 e. The lowest BCUT2D eigenvalue weighted by Crippen LogP contribution is -2.40. The van der Waals surface area contributed by atoms with Crippen molar-refractivity contribution in [2.45, 2.75) is 25.5 Å². The van der Waals surface area contributed by atoms with E-state index in [-0.39, 0.29) is 13.0 Å². The fourth-order valence-electron chi connectivity index (χ4n) is 2.11. The molecule has 1 amide bonds. The number of aliphatic carboxylic acids is 1. The molecule has 0 radical (unpaired) electrons. The Hall–Kier alpha value is -1.95. The number of likely N-dealkylation sites (tertiary alicyclic amines) is 1. The quantitative estimate of drug-likeness (QED) is 0.774. The first-order chi connectivity index (χ1) is 8.49. The van der Waals surface area contributed by atoms with Crippen LogP contribution in [-0.4, -0.2) is 50.7 Å². The molecule has 0 saturated carbocycles. The van der Waals surface area contributed by atoms with Crippen LogP contribution < -0.4 is 0 Å². The monoisotopic (exact) mass is 250 g/mol. The summed E-state index contributed by atoms with van der Waals surface area (Å²) in [5, 5.41) is 18.5. The topological polar surface area (TPSA) is 90.7 Å². The van der Waals surface area contributed by atoms with Crippen LogP contribution >= 0.6 is 0 Å². The van der Waals surface area contributed by atoms with E-state index in [1.165, 1.54) is 11.1 Å². The molecule has 2 atom stereocenters. The van der Waals surface area contributed by atoms with Gasteiger partial charge in [0.05, 0.1) is 11.7 Å². The predicted molar refractivity (Wildman–Crippen MR) is 62.1 cm³/mol. The third kappa shape index (κ3) is 2.33. The van der Waals surface area contributed by atoms with Crippen molar-refractivity contribution in [1.29, 1.82) is 0 Å². The zero-order valence-corrected chi connectivity index (χ0v) is 9.91. The number of carboxylic acids is 1. The van der Waals surface area contributed by atoms with Gasteiger partial charge < -0.3 is 15.1 Å². The average molecular weight is 250 g/mol. The van der Waals surface area contributed by atoms with Crippen molar-refractivity contribution in [3.63, 3.8) is 0 Å². The second-order valence-electron chi connectivity index (χ2n) is 4.45. The van der Waals surface area contributed by atoms with Gasteiger partial charge in [-0.1, -0.05) is 0 Å². The number of aliphatic hydroxyl groups excluding tert-OH is 1. The second kappa shape index (κ2) is 4.73. The van der Waals surface area contributed by atoms with Gasteiger partial charge in [-0.3, -0.25) is 9.78 Å². The Morgan fingerprint density at radius 2 is 2.17 bits per heavy atom. The van der Waals surface area contributed by atoms with Gasteiger partial charge >= 0.3 is 5.97 Å². The normalized spacial score (nSPS) is 23.1. The third-order valence-corrected chi connectivity index (χ3v) is 2.95. The van der Waals surface area contributed by atoms with Crippen molar-refractivity contribution < 1.29 is 19.8 Å². The molecule has 96 valence electrons. The van der Waals surface area contributed by atoms with Gasteiger partial charge in [0.15, 0.2) is 0 Å². The van der Waals surface area contributed by atoms with E-state index < -0.39 is 24.0 Å². The van der Waals surface area contributed by atoms with Gasteiger partial charge in [0.2, 0.25) is 0 Å². The molecule has 2 N–H and O–H groups in total. The van der Waals surface area contributed by atoms with Gasteiger partial charge in [-0.15, -0.1) is 0 Å². The van der Waals surface area contributed by atoms with Gasteiger partial charge in [0.1, 0.15) is 6.04 Å². The second-order valence-corrected chi connectivity index (χ2v) is 4.45. The van der Waals surface area contributed by atoms with Crippen molar-refractivity contribution in [1.82, 2.24) is 9.88 Å². The number of aromatic nitrogens is 1. The zero-order chi connectivity index (χ0) is 13.3. The molecule has 1 saturated heterocycles. The largest absolute Gasteiger partial charge is 0.480 e. The number of hydrogen-bond donors (Lipinski definition) is 2. The maximum atomic E-state index is 12.2. The van der Waals surface area contributed by atoms with E-state index in [1.54, 1.807) is 19.2 Å². The molecule has 2 heterocycles. The lowest BCUT2D eigenvalue weighted by molar-refractivity contribution is -0.141. The number of β-amino-alcohol motifs (C(OH)–C–C–N with tert-alkyl or cyclic N) is 1. The summed E-state index contributed by atoms with van der Waals surface area (Å²) < 4.78 is 0. The summed E-state index contributed by atoms with van der Waals surface area (Å²) >= 11 is 0. The van der Waals surface area contributed by atoms with E-state index in [4.69, 9.17) is 5.11 Å². The van der Waals surface area contributed by atoms with E-state index in [1.807, 2.05) is 0 Å². The molecule has 1 aromatic rings. The van der Waals surface area contributed by atoms with E-state index in [0.717, 1.165) is 5.56 Å². The summed E-state index contributed by atoms with van der Waals surface area (Å²) in [4.78, 5) is 28.3. The van der Waals surface area contributed by atoms with Gasteiger partial charge in [-0.25, -0.2) is 4.79 Å². The molecule has 2 rings (SSSR count). The zero-order valence-electron chi connectivity index (χ0n) is 9.91. The molecule has 0 spiro atoms. The van der Waals surface area contributed by atoms with E-state index >= 15 is 0 Å². The minimum atomic E-state index is -1.10. The van der Waals surface area contributed by atoms with Crippen LogP contribution in [0, 0.1) is 6.92 Å². The van der Waals surface area contributed by atoms with Crippen molar-refractivity contribution in [2.75, 3.05) is 6.54 Å². The number of nitrogens with zero attached hydrogens (tertiary/aromatic N) is 2. The number of carboxylic acid groups (broad SMARTS) is 1. The van der Waals surface area contributed by atoms with E-state index in [2.05, 4.69) is 4.98 Å². The Morgan fingerprint density at radius 3 is 2.78 bits per heavy atom. The minimum Gasteiger partial charge on any atom is -0.480 e. The van der Waals surface area contributed by atoms with Crippen molar-refractivity contribution in [2.24, 2.45) is 0 Å². The Kier molecular flexibility index (Phi) is 3.29. The van der Waals surface area contributed by atoms with E-state index in [9.17, 15) is 14.7 Å². The standard InChI is InChI=1S/C12H14N2O4/c1-7-2-8(5-13-4-7)11(16)14-6-9(15)3-10(14)12(17)18/h2,4-5,9-10,15H,3,6H2,1H3,(H,17,18)/t9?,10-/m0/s1. The first-order valence-electron chi connectivity index (χ1n) is 5.62. The van der Waals surface area contributed by atoms with Crippen LogP contribution in [0.1, 0.15) is 22.3 Å². The van der Waals surface area contributed by atoms with Crippen LogP contribution in [0.15, 0.2) is 18.5 Å². The first-order valence-corrected chi connectivity index (χ1v) is 5.62. The maximum absolute atomic E-state index is 12.2. The van der Waals surface area contributed by atoms with Crippen molar-refractivity contribution in [3.05, 3.63) is 29.6 Å². The molecular weight excluding hydrogens is 236 g/mol. The van der Waals surface area contributed by atoms with Gasteiger partial charge in [-0.2, -0.15) is 0 Å². The number of pyridine rings is 1. The molecule has 6 heteroatoms. The number of carbonyl (C=O) groups is 2. The molecule has 0 bridgehead atoms. The van der Waals surface area contributed by atoms with Crippen LogP contribution in [0.2, 0.25) is 0 Å². The molecule has 0 aliphatic carbocycles. The Morgan fingerprint density at radius 1 is 1.44 bits per heavy atom. The van der Waals surface area contributed by atoms with Crippen LogP contribution in [0.25, 0.3) is 0 Å². The number of carbonyl (C=O) groups excluding carboxylic acids is 1. The Labute approximate surface area is 104 Å². The Balaban J connectivity index is 2.25. The highest BCUT2D eigenvalue weighted by molar-refractivity contribution is 5.96. The van der Waals surface area contributed by atoms with Gasteiger partial charge in [0, 0.05) is 25.4 Å². The summed E-state index contributed by atoms with van der Waals surface area (Å²) in [5.74, 6) is -1.50. The van der Waals surface area contributed by atoms with Crippen LogP contribution in [-0.2, 0) is 4.79 Å². The van der Waals surface area contributed by atoms with E-state index in [0.29, 0.717) is 5.56 Å². The molecule has 1 unspecified atom stereocenters. The SMILES string of the molecule is Cc1cncc(C(=O)N2CC(O)C[C@H]2C(=O)O)c1. The lowest BCUT2D eigenvalue weighted by Gasteiger charge is -2.21. The summed E-state index contributed by atoms with van der Waals surface area (Å²) in [5.41, 5.74) is 1.17. The fraction of sp³-hybridized carbons (Fsp3) is 0.417. The summed E-state index contributed by atoms with van der Waals surface area (Å²) in [6.45, 7) is 1.85. The van der Waals surface area contributed by atoms with Gasteiger partial charge in [0.25, 0.3) is 5.91 Å². The lowest BCUT2D eigenvalue weighted by atomic mass is 10.1. The number of hydrogen-bond acceptors (Lipinski definition) is 4.